The number of rotatable bonds is 6. The maximum atomic E-state index is 11.4. The van der Waals surface area contributed by atoms with E-state index in [4.69, 9.17) is 4.74 Å². The Morgan fingerprint density at radius 2 is 2.00 bits per heavy atom. The molecule has 3 amide bonds. The minimum absolute atomic E-state index is 0.120. The van der Waals surface area contributed by atoms with Crippen LogP contribution in [0.2, 0.25) is 0 Å². The molecule has 0 aromatic heterocycles. The molecule has 0 aliphatic carbocycles. The fraction of sp³-hybridized carbons (Fsp3) is 0.286. The van der Waals surface area contributed by atoms with Crippen LogP contribution in [0, 0.1) is 0 Å². The zero-order valence-corrected chi connectivity index (χ0v) is 11.6. The van der Waals surface area contributed by atoms with Gasteiger partial charge in [-0.05, 0) is 23.8 Å². The van der Waals surface area contributed by atoms with Gasteiger partial charge in [-0.15, -0.1) is 0 Å². The number of hydrogen-bond donors (Lipinski definition) is 3. The van der Waals surface area contributed by atoms with Gasteiger partial charge >= 0.3 is 6.03 Å². The molecule has 0 aliphatic rings. The van der Waals surface area contributed by atoms with Crippen molar-refractivity contribution in [2.45, 2.75) is 6.92 Å². The number of benzene rings is 1. The fourth-order valence-electron chi connectivity index (χ4n) is 1.42. The molecule has 1 rings (SSSR count). The van der Waals surface area contributed by atoms with E-state index >= 15 is 0 Å². The molecule has 0 bridgehead atoms. The number of carbonyl (C=O) groups is 2. The first-order chi connectivity index (χ1) is 9.61. The van der Waals surface area contributed by atoms with Gasteiger partial charge in [-0.2, -0.15) is 0 Å². The Hall–Kier alpha value is -2.50. The van der Waals surface area contributed by atoms with Crippen molar-refractivity contribution in [1.82, 2.24) is 16.0 Å². The summed E-state index contributed by atoms with van der Waals surface area (Å²) >= 11 is 0. The molecule has 0 saturated heterocycles. The molecule has 6 nitrogen and oxygen atoms in total. The van der Waals surface area contributed by atoms with Gasteiger partial charge in [-0.1, -0.05) is 12.1 Å². The molecule has 20 heavy (non-hydrogen) atoms. The normalized spacial score (nSPS) is 10.1. The molecule has 0 spiro atoms. The lowest BCUT2D eigenvalue weighted by molar-refractivity contribution is -0.118. The highest BCUT2D eigenvalue weighted by Crippen LogP contribution is 2.13. The van der Waals surface area contributed by atoms with Crippen LogP contribution in [0.15, 0.2) is 30.5 Å². The van der Waals surface area contributed by atoms with Gasteiger partial charge in [0, 0.05) is 26.2 Å². The molecule has 0 saturated carbocycles. The van der Waals surface area contributed by atoms with E-state index in [0.717, 1.165) is 11.3 Å². The SMILES string of the molecule is COc1cccc(/C=C/NC(=O)NCCNC(C)=O)c1. The summed E-state index contributed by atoms with van der Waals surface area (Å²) in [4.78, 5) is 22.0. The third kappa shape index (κ3) is 6.44. The van der Waals surface area contributed by atoms with Crippen LogP contribution in [-0.2, 0) is 4.79 Å². The zero-order valence-electron chi connectivity index (χ0n) is 11.6. The predicted octanol–water partition coefficient (Wildman–Crippen LogP) is 1.10. The Labute approximate surface area is 118 Å². The van der Waals surface area contributed by atoms with Gasteiger partial charge in [-0.25, -0.2) is 4.79 Å². The number of ether oxygens (including phenoxy) is 1. The summed E-state index contributed by atoms with van der Waals surface area (Å²) in [7, 11) is 1.60. The van der Waals surface area contributed by atoms with Crippen LogP contribution in [0.25, 0.3) is 6.08 Å². The molecular formula is C14H19N3O3. The van der Waals surface area contributed by atoms with Crippen LogP contribution in [0.3, 0.4) is 0 Å². The van der Waals surface area contributed by atoms with Crippen LogP contribution in [0.5, 0.6) is 5.75 Å². The van der Waals surface area contributed by atoms with E-state index in [9.17, 15) is 9.59 Å². The van der Waals surface area contributed by atoms with Crippen molar-refractivity contribution < 1.29 is 14.3 Å². The van der Waals surface area contributed by atoms with Crippen molar-refractivity contribution in [1.29, 1.82) is 0 Å². The lowest BCUT2D eigenvalue weighted by Gasteiger charge is -2.05. The maximum Gasteiger partial charge on any atom is 0.318 e. The molecule has 0 atom stereocenters. The van der Waals surface area contributed by atoms with Crippen LogP contribution in [0.4, 0.5) is 4.79 Å². The molecule has 0 unspecified atom stereocenters. The number of nitrogens with one attached hydrogen (secondary N) is 3. The summed E-state index contributed by atoms with van der Waals surface area (Å²) in [6, 6.07) is 7.14. The van der Waals surface area contributed by atoms with E-state index in [2.05, 4.69) is 16.0 Å². The average molecular weight is 277 g/mol. The van der Waals surface area contributed by atoms with E-state index in [1.165, 1.54) is 6.92 Å². The van der Waals surface area contributed by atoms with Crippen molar-refractivity contribution >= 4 is 18.0 Å². The molecule has 6 heteroatoms. The second kappa shape index (κ2) is 8.58. The average Bonchev–Trinajstić information content (AvgIpc) is 2.43. The maximum absolute atomic E-state index is 11.4. The molecule has 1 aromatic carbocycles. The van der Waals surface area contributed by atoms with E-state index in [1.54, 1.807) is 19.4 Å². The predicted molar refractivity (Wildman–Crippen MR) is 77.2 cm³/mol. The van der Waals surface area contributed by atoms with Crippen molar-refractivity contribution in [3.63, 3.8) is 0 Å². The van der Waals surface area contributed by atoms with Crippen LogP contribution in [0.1, 0.15) is 12.5 Å². The van der Waals surface area contributed by atoms with E-state index in [1.807, 2.05) is 24.3 Å². The number of amides is 3. The standard InChI is InChI=1S/C14H19N3O3/c1-11(18)15-8-9-17-14(19)16-7-6-12-4-3-5-13(10-12)20-2/h3-7,10H,8-9H2,1-2H3,(H,15,18)(H2,16,17,19)/b7-6+. The third-order valence-corrected chi connectivity index (χ3v) is 2.37. The van der Waals surface area contributed by atoms with Gasteiger partial charge in [-0.3, -0.25) is 4.79 Å². The number of carbonyl (C=O) groups excluding carboxylic acids is 2. The quantitative estimate of drug-likeness (QED) is 0.681. The lowest BCUT2D eigenvalue weighted by Crippen LogP contribution is -2.37. The summed E-state index contributed by atoms with van der Waals surface area (Å²) in [6.45, 7) is 2.21. The second-order valence-electron chi connectivity index (χ2n) is 3.99. The summed E-state index contributed by atoms with van der Waals surface area (Å²) in [5.41, 5.74) is 0.919. The molecular weight excluding hydrogens is 258 g/mol. The van der Waals surface area contributed by atoms with Crippen LogP contribution in [-0.4, -0.2) is 32.1 Å². The number of methoxy groups -OCH3 is 1. The Kier molecular flexibility index (Phi) is 6.67. The number of hydrogen-bond acceptors (Lipinski definition) is 3. The summed E-state index contributed by atoms with van der Waals surface area (Å²) in [5, 5.41) is 7.76. The van der Waals surface area contributed by atoms with Crippen molar-refractivity contribution in [2.75, 3.05) is 20.2 Å². The zero-order chi connectivity index (χ0) is 14.8. The van der Waals surface area contributed by atoms with Gasteiger partial charge in [0.2, 0.25) is 5.91 Å². The highest BCUT2D eigenvalue weighted by Gasteiger charge is 1.96. The Morgan fingerprint density at radius 3 is 2.70 bits per heavy atom. The fourth-order valence-corrected chi connectivity index (χ4v) is 1.42. The van der Waals surface area contributed by atoms with Gasteiger partial charge in [0.1, 0.15) is 5.75 Å². The third-order valence-electron chi connectivity index (χ3n) is 2.37. The Morgan fingerprint density at radius 1 is 1.25 bits per heavy atom. The van der Waals surface area contributed by atoms with Crippen LogP contribution >= 0.6 is 0 Å². The lowest BCUT2D eigenvalue weighted by atomic mass is 10.2. The van der Waals surface area contributed by atoms with Crippen molar-refractivity contribution in [3.05, 3.63) is 36.0 Å². The highest BCUT2D eigenvalue weighted by molar-refractivity contribution is 5.76. The molecule has 0 radical (unpaired) electrons. The first-order valence-electron chi connectivity index (χ1n) is 6.21. The first kappa shape index (κ1) is 15.6. The van der Waals surface area contributed by atoms with E-state index in [-0.39, 0.29) is 11.9 Å². The van der Waals surface area contributed by atoms with Gasteiger partial charge < -0.3 is 20.7 Å². The minimum atomic E-state index is -0.325. The van der Waals surface area contributed by atoms with Crippen molar-refractivity contribution in [2.24, 2.45) is 0 Å². The number of urea groups is 1. The van der Waals surface area contributed by atoms with Crippen molar-refractivity contribution in [3.8, 4) is 5.75 Å². The smallest absolute Gasteiger partial charge is 0.318 e. The van der Waals surface area contributed by atoms with Gasteiger partial charge in [0.05, 0.1) is 7.11 Å². The van der Waals surface area contributed by atoms with Gasteiger partial charge in [0.15, 0.2) is 0 Å². The molecule has 0 heterocycles. The van der Waals surface area contributed by atoms with E-state index in [0.29, 0.717) is 13.1 Å². The first-order valence-corrected chi connectivity index (χ1v) is 6.21. The Balaban J connectivity index is 2.29. The largest absolute Gasteiger partial charge is 0.497 e. The monoisotopic (exact) mass is 277 g/mol. The molecule has 108 valence electrons. The molecule has 0 aliphatic heterocycles. The molecule has 0 fully saturated rings. The van der Waals surface area contributed by atoms with Crippen LogP contribution < -0.4 is 20.7 Å². The van der Waals surface area contributed by atoms with Gasteiger partial charge in [0.25, 0.3) is 0 Å². The topological polar surface area (TPSA) is 79.5 Å². The summed E-state index contributed by atoms with van der Waals surface area (Å²) in [5.74, 6) is 0.636. The summed E-state index contributed by atoms with van der Waals surface area (Å²) < 4.78 is 5.10. The summed E-state index contributed by atoms with van der Waals surface area (Å²) in [6.07, 6.45) is 3.30. The second-order valence-corrected chi connectivity index (χ2v) is 3.99. The highest BCUT2D eigenvalue weighted by atomic mass is 16.5. The molecule has 3 N–H and O–H groups in total. The Bertz CT molecular complexity index is 486. The molecule has 1 aromatic rings. The van der Waals surface area contributed by atoms with E-state index < -0.39 is 0 Å². The minimum Gasteiger partial charge on any atom is -0.497 e.